The lowest BCUT2D eigenvalue weighted by Crippen LogP contribution is -2.35. The maximum absolute atomic E-state index is 11.0. The van der Waals surface area contributed by atoms with E-state index in [1.165, 1.54) is 12.5 Å². The van der Waals surface area contributed by atoms with Crippen LogP contribution < -0.4 is 4.74 Å². The Morgan fingerprint density at radius 1 is 1.32 bits per heavy atom. The van der Waals surface area contributed by atoms with Gasteiger partial charge in [-0.25, -0.2) is 4.98 Å². The number of nitrogens with zero attached hydrogens (tertiary/aromatic N) is 3. The minimum atomic E-state index is -0.495. The standard InChI is InChI=1S/C19H25N3O3/c1-14(23)25-17-5-3-15(4-6-17)13-22-10-7-16(8-11-22)18(24)19-20-9-12-21(19)2/h3-6,9,12,16,18,24H,7-8,10-11,13H2,1-2H3. The van der Waals surface area contributed by atoms with E-state index < -0.39 is 6.10 Å². The molecule has 1 N–H and O–H groups in total. The number of aliphatic hydroxyl groups is 1. The van der Waals surface area contributed by atoms with E-state index in [-0.39, 0.29) is 11.9 Å². The third-order valence-electron chi connectivity index (χ3n) is 4.79. The van der Waals surface area contributed by atoms with Crippen molar-refractivity contribution in [3.63, 3.8) is 0 Å². The molecular formula is C19H25N3O3. The maximum Gasteiger partial charge on any atom is 0.308 e. The Hall–Kier alpha value is -2.18. The fraction of sp³-hybridized carbons (Fsp3) is 0.474. The molecule has 6 heteroatoms. The number of imidazole rings is 1. The lowest BCUT2D eigenvalue weighted by atomic mass is 9.90. The van der Waals surface area contributed by atoms with Gasteiger partial charge in [0.2, 0.25) is 0 Å². The molecule has 1 saturated heterocycles. The zero-order valence-corrected chi connectivity index (χ0v) is 14.8. The number of aromatic nitrogens is 2. The molecule has 1 aliphatic rings. The number of benzene rings is 1. The molecule has 0 aliphatic carbocycles. The Bertz CT molecular complexity index is 703. The molecule has 0 spiro atoms. The number of rotatable bonds is 5. The summed E-state index contributed by atoms with van der Waals surface area (Å²) >= 11 is 0. The highest BCUT2D eigenvalue weighted by Gasteiger charge is 2.28. The van der Waals surface area contributed by atoms with E-state index in [1.54, 1.807) is 6.20 Å². The molecule has 6 nitrogen and oxygen atoms in total. The molecule has 1 unspecified atom stereocenters. The van der Waals surface area contributed by atoms with E-state index in [1.807, 2.05) is 42.1 Å². The Labute approximate surface area is 148 Å². The highest BCUT2D eigenvalue weighted by atomic mass is 16.5. The summed E-state index contributed by atoms with van der Waals surface area (Å²) < 4.78 is 6.95. The van der Waals surface area contributed by atoms with E-state index in [2.05, 4.69) is 9.88 Å². The van der Waals surface area contributed by atoms with Crippen molar-refractivity contribution in [1.82, 2.24) is 14.5 Å². The van der Waals surface area contributed by atoms with Crippen LogP contribution in [0, 0.1) is 5.92 Å². The Morgan fingerprint density at radius 3 is 2.56 bits per heavy atom. The number of piperidine rings is 1. The summed E-state index contributed by atoms with van der Waals surface area (Å²) in [6.45, 7) is 4.18. The topological polar surface area (TPSA) is 67.6 Å². The summed E-state index contributed by atoms with van der Waals surface area (Å²) in [5.41, 5.74) is 1.19. The Kier molecular flexibility index (Phi) is 5.50. The molecule has 1 atom stereocenters. The number of hydrogen-bond donors (Lipinski definition) is 1. The van der Waals surface area contributed by atoms with Crippen LogP contribution in [0.15, 0.2) is 36.7 Å². The van der Waals surface area contributed by atoms with Crippen molar-refractivity contribution in [2.75, 3.05) is 13.1 Å². The number of aliphatic hydroxyl groups excluding tert-OH is 1. The fourth-order valence-corrected chi connectivity index (χ4v) is 3.39. The predicted molar refractivity (Wildman–Crippen MR) is 93.9 cm³/mol. The molecule has 0 saturated carbocycles. The normalized spacial score (nSPS) is 17.4. The van der Waals surface area contributed by atoms with Crippen LogP contribution in [0.25, 0.3) is 0 Å². The minimum Gasteiger partial charge on any atom is -0.427 e. The summed E-state index contributed by atoms with van der Waals surface area (Å²) in [4.78, 5) is 17.6. The van der Waals surface area contributed by atoms with Gasteiger partial charge < -0.3 is 14.4 Å². The first kappa shape index (κ1) is 17.6. The van der Waals surface area contributed by atoms with Gasteiger partial charge in [0.15, 0.2) is 0 Å². The molecule has 2 aromatic rings. The molecule has 25 heavy (non-hydrogen) atoms. The van der Waals surface area contributed by atoms with Gasteiger partial charge in [0.05, 0.1) is 0 Å². The van der Waals surface area contributed by atoms with Gasteiger partial charge in [0.1, 0.15) is 17.7 Å². The van der Waals surface area contributed by atoms with Crippen LogP contribution in [0.5, 0.6) is 5.75 Å². The van der Waals surface area contributed by atoms with Gasteiger partial charge in [0, 0.05) is 32.9 Å². The average Bonchev–Trinajstić information content (AvgIpc) is 3.02. The molecule has 1 aromatic heterocycles. The molecule has 0 bridgehead atoms. The molecule has 1 aromatic carbocycles. The van der Waals surface area contributed by atoms with Gasteiger partial charge in [-0.1, -0.05) is 12.1 Å². The van der Waals surface area contributed by atoms with Crippen LogP contribution in [0.2, 0.25) is 0 Å². The van der Waals surface area contributed by atoms with Crippen LogP contribution in [0.3, 0.4) is 0 Å². The van der Waals surface area contributed by atoms with Crippen molar-refractivity contribution in [3.8, 4) is 5.75 Å². The van der Waals surface area contributed by atoms with Crippen molar-refractivity contribution in [2.45, 2.75) is 32.4 Å². The molecule has 1 aliphatic heterocycles. The fourth-order valence-electron chi connectivity index (χ4n) is 3.39. The Balaban J connectivity index is 1.51. The Morgan fingerprint density at radius 2 is 2.00 bits per heavy atom. The van der Waals surface area contributed by atoms with E-state index in [0.29, 0.717) is 5.75 Å². The zero-order valence-electron chi connectivity index (χ0n) is 14.8. The summed E-state index contributed by atoms with van der Waals surface area (Å²) in [6, 6.07) is 7.64. The van der Waals surface area contributed by atoms with Crippen molar-refractivity contribution >= 4 is 5.97 Å². The summed E-state index contributed by atoms with van der Waals surface area (Å²) in [5.74, 6) is 1.28. The van der Waals surface area contributed by atoms with Gasteiger partial charge in [0.25, 0.3) is 0 Å². The third kappa shape index (κ3) is 4.46. The van der Waals surface area contributed by atoms with Crippen molar-refractivity contribution in [2.24, 2.45) is 13.0 Å². The highest BCUT2D eigenvalue weighted by molar-refractivity contribution is 5.69. The van der Waals surface area contributed by atoms with Crippen LogP contribution in [-0.2, 0) is 18.4 Å². The predicted octanol–water partition coefficient (Wildman–Crippen LogP) is 2.29. The highest BCUT2D eigenvalue weighted by Crippen LogP contribution is 2.30. The second kappa shape index (κ2) is 7.80. The van der Waals surface area contributed by atoms with Gasteiger partial charge >= 0.3 is 5.97 Å². The number of hydrogen-bond acceptors (Lipinski definition) is 5. The number of carbonyl (C=O) groups is 1. The molecule has 1 fully saturated rings. The summed E-state index contributed by atoms with van der Waals surface area (Å²) in [6.07, 6.45) is 5.02. The quantitative estimate of drug-likeness (QED) is 0.666. The lowest BCUT2D eigenvalue weighted by Gasteiger charge is -2.34. The van der Waals surface area contributed by atoms with E-state index >= 15 is 0 Å². The minimum absolute atomic E-state index is 0.253. The second-order valence-electron chi connectivity index (χ2n) is 6.69. The first-order valence-corrected chi connectivity index (χ1v) is 8.68. The largest absolute Gasteiger partial charge is 0.427 e. The van der Waals surface area contributed by atoms with Crippen molar-refractivity contribution < 1.29 is 14.6 Å². The van der Waals surface area contributed by atoms with Gasteiger partial charge in [-0.3, -0.25) is 9.69 Å². The van der Waals surface area contributed by atoms with Crippen LogP contribution >= 0.6 is 0 Å². The van der Waals surface area contributed by atoms with Crippen molar-refractivity contribution in [3.05, 3.63) is 48.0 Å². The van der Waals surface area contributed by atoms with Crippen molar-refractivity contribution in [1.29, 1.82) is 0 Å². The molecule has 2 heterocycles. The lowest BCUT2D eigenvalue weighted by molar-refractivity contribution is -0.131. The number of ether oxygens (including phenoxy) is 1. The zero-order chi connectivity index (χ0) is 17.8. The second-order valence-corrected chi connectivity index (χ2v) is 6.69. The smallest absolute Gasteiger partial charge is 0.308 e. The molecular weight excluding hydrogens is 318 g/mol. The maximum atomic E-state index is 11.0. The van der Waals surface area contributed by atoms with E-state index in [9.17, 15) is 9.90 Å². The van der Waals surface area contributed by atoms with Crippen LogP contribution in [0.4, 0.5) is 0 Å². The van der Waals surface area contributed by atoms with Gasteiger partial charge in [-0.2, -0.15) is 0 Å². The van der Waals surface area contributed by atoms with E-state index in [0.717, 1.165) is 38.3 Å². The monoisotopic (exact) mass is 343 g/mol. The summed E-state index contributed by atoms with van der Waals surface area (Å²) in [7, 11) is 1.92. The number of esters is 1. The third-order valence-corrected chi connectivity index (χ3v) is 4.79. The summed E-state index contributed by atoms with van der Waals surface area (Å²) in [5, 5.41) is 10.6. The number of carbonyl (C=O) groups excluding carboxylic acids is 1. The number of aryl methyl sites for hydroxylation is 1. The van der Waals surface area contributed by atoms with Gasteiger partial charge in [-0.15, -0.1) is 0 Å². The first-order chi connectivity index (χ1) is 12.0. The SMILES string of the molecule is CC(=O)Oc1ccc(CN2CCC(C(O)c3nccn3C)CC2)cc1. The average molecular weight is 343 g/mol. The first-order valence-electron chi connectivity index (χ1n) is 8.68. The van der Waals surface area contributed by atoms with E-state index in [4.69, 9.17) is 4.74 Å². The number of likely N-dealkylation sites (tertiary alicyclic amines) is 1. The van der Waals surface area contributed by atoms with Crippen LogP contribution in [0.1, 0.15) is 37.3 Å². The molecule has 0 radical (unpaired) electrons. The molecule has 0 amide bonds. The molecule has 134 valence electrons. The van der Waals surface area contributed by atoms with Crippen LogP contribution in [-0.4, -0.2) is 38.6 Å². The van der Waals surface area contributed by atoms with Gasteiger partial charge in [-0.05, 0) is 49.5 Å². The molecule has 3 rings (SSSR count).